The molecule has 3 N–H and O–H groups in total. The molecule has 0 atom stereocenters. The lowest BCUT2D eigenvalue weighted by molar-refractivity contribution is -0.123. The van der Waals surface area contributed by atoms with Crippen molar-refractivity contribution in [1.29, 1.82) is 0 Å². The summed E-state index contributed by atoms with van der Waals surface area (Å²) in [6, 6.07) is 16.1. The van der Waals surface area contributed by atoms with Crippen LogP contribution in [0.4, 0.5) is 0 Å². The summed E-state index contributed by atoms with van der Waals surface area (Å²) in [5.74, 6) is 0.788. The zero-order valence-corrected chi connectivity index (χ0v) is 12.6. The first-order chi connectivity index (χ1) is 10.6. The summed E-state index contributed by atoms with van der Waals surface area (Å²) in [6.07, 6.45) is 1.57. The lowest BCUT2D eigenvalue weighted by atomic mass is 10.0. The van der Waals surface area contributed by atoms with E-state index in [0.29, 0.717) is 6.54 Å². The SMILES string of the molecule is COc1cccc(-c2ccc(CNC(=O)C3(N)CC3)cc2)c1. The van der Waals surface area contributed by atoms with Gasteiger partial charge in [-0.25, -0.2) is 0 Å². The minimum absolute atomic E-state index is 0.0515. The Kier molecular flexibility index (Phi) is 3.86. The topological polar surface area (TPSA) is 64.3 Å². The van der Waals surface area contributed by atoms with Crippen molar-refractivity contribution in [2.75, 3.05) is 7.11 Å². The number of ether oxygens (including phenoxy) is 1. The van der Waals surface area contributed by atoms with Crippen LogP contribution in [0, 0.1) is 0 Å². The van der Waals surface area contributed by atoms with E-state index >= 15 is 0 Å². The van der Waals surface area contributed by atoms with Gasteiger partial charge >= 0.3 is 0 Å². The largest absolute Gasteiger partial charge is 0.497 e. The second-order valence-corrected chi connectivity index (χ2v) is 5.77. The van der Waals surface area contributed by atoms with Crippen LogP contribution >= 0.6 is 0 Å². The van der Waals surface area contributed by atoms with Crippen molar-refractivity contribution in [2.45, 2.75) is 24.9 Å². The van der Waals surface area contributed by atoms with Crippen molar-refractivity contribution in [3.63, 3.8) is 0 Å². The Morgan fingerprint density at radius 1 is 1.18 bits per heavy atom. The Morgan fingerprint density at radius 3 is 2.55 bits per heavy atom. The fourth-order valence-electron chi connectivity index (χ4n) is 2.34. The molecule has 2 aromatic rings. The zero-order chi connectivity index (χ0) is 15.6. The monoisotopic (exact) mass is 296 g/mol. The predicted molar refractivity (Wildman–Crippen MR) is 86.4 cm³/mol. The average molecular weight is 296 g/mol. The van der Waals surface area contributed by atoms with E-state index in [2.05, 4.69) is 5.32 Å². The normalized spacial score (nSPS) is 15.2. The molecular weight excluding hydrogens is 276 g/mol. The van der Waals surface area contributed by atoms with Gasteiger partial charge in [-0.05, 0) is 41.7 Å². The number of hydrogen-bond acceptors (Lipinski definition) is 3. The number of rotatable bonds is 5. The Bertz CT molecular complexity index is 676. The van der Waals surface area contributed by atoms with Gasteiger partial charge in [0.05, 0.1) is 12.6 Å². The van der Waals surface area contributed by atoms with E-state index in [1.165, 1.54) is 0 Å². The van der Waals surface area contributed by atoms with Crippen LogP contribution in [0.2, 0.25) is 0 Å². The van der Waals surface area contributed by atoms with Crippen molar-refractivity contribution in [3.8, 4) is 16.9 Å². The molecule has 1 aliphatic carbocycles. The molecule has 1 fully saturated rings. The molecule has 114 valence electrons. The van der Waals surface area contributed by atoms with Crippen LogP contribution in [-0.2, 0) is 11.3 Å². The highest BCUT2D eigenvalue weighted by atomic mass is 16.5. The van der Waals surface area contributed by atoms with Crippen molar-refractivity contribution in [3.05, 3.63) is 54.1 Å². The maximum Gasteiger partial charge on any atom is 0.240 e. The molecule has 0 heterocycles. The van der Waals surface area contributed by atoms with Crippen LogP contribution in [0.15, 0.2) is 48.5 Å². The number of carbonyl (C=O) groups is 1. The number of benzene rings is 2. The van der Waals surface area contributed by atoms with Crippen molar-refractivity contribution >= 4 is 5.91 Å². The molecule has 0 unspecified atom stereocenters. The van der Waals surface area contributed by atoms with Crippen LogP contribution in [0.1, 0.15) is 18.4 Å². The summed E-state index contributed by atoms with van der Waals surface area (Å²) in [5.41, 5.74) is 8.53. The standard InChI is InChI=1S/C18H20N2O2/c1-22-16-4-2-3-15(11-16)14-7-5-13(6-8-14)12-20-17(21)18(19)9-10-18/h2-8,11H,9-10,12,19H2,1H3,(H,20,21). The molecule has 3 rings (SSSR count). The van der Waals surface area contributed by atoms with Crippen molar-refractivity contribution in [2.24, 2.45) is 5.73 Å². The number of nitrogens with two attached hydrogens (primary N) is 1. The third-order valence-corrected chi connectivity index (χ3v) is 4.05. The average Bonchev–Trinajstić information content (AvgIpc) is 3.32. The van der Waals surface area contributed by atoms with Gasteiger partial charge in [-0.3, -0.25) is 4.79 Å². The molecule has 1 saturated carbocycles. The summed E-state index contributed by atoms with van der Waals surface area (Å²) in [6.45, 7) is 0.510. The second-order valence-electron chi connectivity index (χ2n) is 5.77. The van der Waals surface area contributed by atoms with Gasteiger partial charge in [0.15, 0.2) is 0 Å². The highest BCUT2D eigenvalue weighted by Crippen LogP contribution is 2.32. The fraction of sp³-hybridized carbons (Fsp3) is 0.278. The number of methoxy groups -OCH3 is 1. The van der Waals surface area contributed by atoms with Gasteiger partial charge in [0.2, 0.25) is 5.91 Å². The Labute approximate surface area is 130 Å². The molecule has 4 nitrogen and oxygen atoms in total. The number of hydrogen-bond donors (Lipinski definition) is 2. The van der Waals surface area contributed by atoms with Gasteiger partial charge < -0.3 is 15.8 Å². The van der Waals surface area contributed by atoms with E-state index in [0.717, 1.165) is 35.3 Å². The van der Waals surface area contributed by atoms with Crippen molar-refractivity contribution in [1.82, 2.24) is 5.32 Å². The summed E-state index contributed by atoms with van der Waals surface area (Å²) >= 11 is 0. The lowest BCUT2D eigenvalue weighted by Gasteiger charge is -2.10. The van der Waals surface area contributed by atoms with Gasteiger partial charge in [-0.2, -0.15) is 0 Å². The summed E-state index contributed by atoms with van der Waals surface area (Å²) in [7, 11) is 1.66. The first kappa shape index (κ1) is 14.6. The number of amides is 1. The maximum atomic E-state index is 11.8. The third kappa shape index (κ3) is 3.12. The fourth-order valence-corrected chi connectivity index (χ4v) is 2.34. The van der Waals surface area contributed by atoms with Crippen LogP contribution in [-0.4, -0.2) is 18.6 Å². The van der Waals surface area contributed by atoms with Gasteiger partial charge in [0.25, 0.3) is 0 Å². The van der Waals surface area contributed by atoms with E-state index < -0.39 is 5.54 Å². The number of nitrogens with one attached hydrogen (secondary N) is 1. The van der Waals surface area contributed by atoms with E-state index in [4.69, 9.17) is 10.5 Å². The van der Waals surface area contributed by atoms with E-state index in [9.17, 15) is 4.79 Å². The number of carbonyl (C=O) groups excluding carboxylic acids is 1. The van der Waals surface area contributed by atoms with Gasteiger partial charge in [-0.1, -0.05) is 36.4 Å². The summed E-state index contributed by atoms with van der Waals surface area (Å²) in [5, 5.41) is 2.89. The van der Waals surface area contributed by atoms with E-state index in [1.807, 2.05) is 48.5 Å². The maximum absolute atomic E-state index is 11.8. The molecule has 1 aliphatic rings. The summed E-state index contributed by atoms with van der Waals surface area (Å²) in [4.78, 5) is 11.8. The van der Waals surface area contributed by atoms with E-state index in [1.54, 1.807) is 7.11 Å². The molecule has 0 saturated heterocycles. The molecule has 0 spiro atoms. The first-order valence-corrected chi connectivity index (χ1v) is 7.41. The van der Waals surface area contributed by atoms with Gasteiger partial charge in [-0.15, -0.1) is 0 Å². The smallest absolute Gasteiger partial charge is 0.240 e. The highest BCUT2D eigenvalue weighted by Gasteiger charge is 2.45. The molecule has 4 heteroatoms. The Balaban J connectivity index is 1.66. The quantitative estimate of drug-likeness (QED) is 0.891. The molecule has 1 amide bonds. The third-order valence-electron chi connectivity index (χ3n) is 4.05. The predicted octanol–water partition coefficient (Wildman–Crippen LogP) is 2.47. The van der Waals surface area contributed by atoms with Crippen LogP contribution in [0.5, 0.6) is 5.75 Å². The zero-order valence-electron chi connectivity index (χ0n) is 12.6. The summed E-state index contributed by atoms with van der Waals surface area (Å²) < 4.78 is 5.24. The Hall–Kier alpha value is -2.33. The lowest BCUT2D eigenvalue weighted by Crippen LogP contribution is -2.42. The Morgan fingerprint density at radius 2 is 1.91 bits per heavy atom. The van der Waals surface area contributed by atoms with Crippen LogP contribution in [0.3, 0.4) is 0 Å². The molecule has 0 aromatic heterocycles. The van der Waals surface area contributed by atoms with Gasteiger partial charge in [0, 0.05) is 6.54 Å². The second kappa shape index (κ2) is 5.81. The van der Waals surface area contributed by atoms with Crippen molar-refractivity contribution < 1.29 is 9.53 Å². The molecule has 0 bridgehead atoms. The molecule has 0 radical (unpaired) electrons. The molecular formula is C18H20N2O2. The first-order valence-electron chi connectivity index (χ1n) is 7.41. The van der Waals surface area contributed by atoms with Crippen LogP contribution < -0.4 is 15.8 Å². The highest BCUT2D eigenvalue weighted by molar-refractivity contribution is 5.88. The van der Waals surface area contributed by atoms with E-state index in [-0.39, 0.29) is 5.91 Å². The molecule has 0 aliphatic heterocycles. The minimum Gasteiger partial charge on any atom is -0.497 e. The minimum atomic E-state index is -0.611. The van der Waals surface area contributed by atoms with Gasteiger partial charge in [0.1, 0.15) is 5.75 Å². The van der Waals surface area contributed by atoms with Crippen LogP contribution in [0.25, 0.3) is 11.1 Å². The molecule has 2 aromatic carbocycles. The molecule has 22 heavy (non-hydrogen) atoms.